The molecule has 0 spiro atoms. The molecule has 1 aliphatic heterocycles. The number of rotatable bonds is 9. The SMILES string of the molecule is CCNC(=NCC1(CCOCC)CCCC1)NCC1CCCS1. The van der Waals surface area contributed by atoms with Gasteiger partial charge in [-0.3, -0.25) is 4.99 Å². The van der Waals surface area contributed by atoms with E-state index in [0.717, 1.165) is 50.5 Å². The summed E-state index contributed by atoms with van der Waals surface area (Å²) in [5.74, 6) is 2.32. The lowest BCUT2D eigenvalue weighted by Crippen LogP contribution is -2.41. The fourth-order valence-electron chi connectivity index (χ4n) is 3.65. The lowest BCUT2D eigenvalue weighted by molar-refractivity contribution is 0.107. The summed E-state index contributed by atoms with van der Waals surface area (Å²) in [7, 11) is 0. The zero-order valence-electron chi connectivity index (χ0n) is 15.0. The van der Waals surface area contributed by atoms with Crippen molar-refractivity contribution in [3.05, 3.63) is 0 Å². The van der Waals surface area contributed by atoms with Crippen LogP contribution in [-0.2, 0) is 4.74 Å². The van der Waals surface area contributed by atoms with Crippen LogP contribution in [0.4, 0.5) is 0 Å². The van der Waals surface area contributed by atoms with Crippen LogP contribution in [0.25, 0.3) is 0 Å². The highest BCUT2D eigenvalue weighted by atomic mass is 32.2. The molecule has 2 rings (SSSR count). The molecular weight excluding hydrogens is 306 g/mol. The second-order valence-electron chi connectivity index (χ2n) is 6.87. The monoisotopic (exact) mass is 341 g/mol. The van der Waals surface area contributed by atoms with Gasteiger partial charge in [0.25, 0.3) is 0 Å². The molecule has 2 aliphatic rings. The van der Waals surface area contributed by atoms with Crippen LogP contribution in [0.1, 0.15) is 58.8 Å². The third kappa shape index (κ3) is 6.54. The molecular formula is C18H35N3OS. The Morgan fingerprint density at radius 1 is 1.22 bits per heavy atom. The number of guanidine groups is 1. The Morgan fingerprint density at radius 2 is 2.04 bits per heavy atom. The minimum Gasteiger partial charge on any atom is -0.382 e. The summed E-state index contributed by atoms with van der Waals surface area (Å²) in [5.41, 5.74) is 0.375. The topological polar surface area (TPSA) is 45.7 Å². The van der Waals surface area contributed by atoms with E-state index in [-0.39, 0.29) is 0 Å². The van der Waals surface area contributed by atoms with Gasteiger partial charge in [0.05, 0.1) is 0 Å². The summed E-state index contributed by atoms with van der Waals surface area (Å²) in [6.45, 7) is 8.83. The molecule has 0 aromatic heterocycles. The predicted octanol–water partition coefficient (Wildman–Crippen LogP) is 3.42. The molecule has 1 aliphatic carbocycles. The Labute approximate surface area is 146 Å². The average Bonchev–Trinajstić information content (AvgIpc) is 3.23. The van der Waals surface area contributed by atoms with E-state index in [2.05, 4.69) is 36.2 Å². The first-order chi connectivity index (χ1) is 11.3. The lowest BCUT2D eigenvalue weighted by Gasteiger charge is -2.27. The van der Waals surface area contributed by atoms with E-state index in [0.29, 0.717) is 5.41 Å². The van der Waals surface area contributed by atoms with E-state index >= 15 is 0 Å². The largest absolute Gasteiger partial charge is 0.382 e. The van der Waals surface area contributed by atoms with E-state index in [9.17, 15) is 0 Å². The van der Waals surface area contributed by atoms with Crippen molar-refractivity contribution in [1.82, 2.24) is 10.6 Å². The molecule has 0 aromatic rings. The van der Waals surface area contributed by atoms with Crippen LogP contribution in [0, 0.1) is 5.41 Å². The van der Waals surface area contributed by atoms with E-state index < -0.39 is 0 Å². The number of aliphatic imine (C=N–C) groups is 1. The molecule has 1 unspecified atom stereocenters. The predicted molar refractivity (Wildman–Crippen MR) is 101 cm³/mol. The van der Waals surface area contributed by atoms with Gasteiger partial charge in [-0.25, -0.2) is 0 Å². The third-order valence-corrected chi connectivity index (χ3v) is 6.48. The van der Waals surface area contributed by atoms with Crippen LogP contribution in [-0.4, -0.2) is 49.8 Å². The van der Waals surface area contributed by atoms with Gasteiger partial charge in [0.2, 0.25) is 0 Å². The van der Waals surface area contributed by atoms with Crippen molar-refractivity contribution in [2.24, 2.45) is 10.4 Å². The Bertz CT molecular complexity index is 350. The number of ether oxygens (including phenoxy) is 1. The van der Waals surface area contributed by atoms with E-state index in [4.69, 9.17) is 9.73 Å². The Hall–Kier alpha value is -0.420. The molecule has 2 N–H and O–H groups in total. The standard InChI is InChI=1S/C18H35N3OS/c1-3-19-17(20-14-16-8-7-13-23-16)21-15-18(9-5-6-10-18)11-12-22-4-2/h16H,3-15H2,1-2H3,(H2,19,20,21). The number of thioether (sulfide) groups is 1. The van der Waals surface area contributed by atoms with Crippen molar-refractivity contribution >= 4 is 17.7 Å². The Balaban J connectivity index is 1.85. The van der Waals surface area contributed by atoms with Gasteiger partial charge in [0.15, 0.2) is 5.96 Å². The Morgan fingerprint density at radius 3 is 2.70 bits per heavy atom. The normalized spacial score (nSPS) is 24.1. The lowest BCUT2D eigenvalue weighted by atomic mass is 9.83. The van der Waals surface area contributed by atoms with Crippen LogP contribution in [0.5, 0.6) is 0 Å². The highest BCUT2D eigenvalue weighted by Crippen LogP contribution is 2.41. The molecule has 1 saturated heterocycles. The molecule has 2 fully saturated rings. The molecule has 1 saturated carbocycles. The molecule has 4 nitrogen and oxygen atoms in total. The number of hydrogen-bond donors (Lipinski definition) is 2. The van der Waals surface area contributed by atoms with E-state index in [1.54, 1.807) is 0 Å². The summed E-state index contributed by atoms with van der Waals surface area (Å²) >= 11 is 2.10. The van der Waals surface area contributed by atoms with Crippen LogP contribution in [0.15, 0.2) is 4.99 Å². The summed E-state index contributed by atoms with van der Waals surface area (Å²) in [6, 6.07) is 0. The molecule has 134 valence electrons. The van der Waals surface area contributed by atoms with Crippen molar-refractivity contribution in [1.29, 1.82) is 0 Å². The number of hydrogen-bond acceptors (Lipinski definition) is 3. The van der Waals surface area contributed by atoms with Crippen LogP contribution >= 0.6 is 11.8 Å². The second-order valence-corrected chi connectivity index (χ2v) is 8.27. The molecule has 1 atom stereocenters. The van der Waals surface area contributed by atoms with Crippen LogP contribution in [0.3, 0.4) is 0 Å². The van der Waals surface area contributed by atoms with Gasteiger partial charge >= 0.3 is 0 Å². The zero-order valence-corrected chi connectivity index (χ0v) is 15.8. The van der Waals surface area contributed by atoms with E-state index in [1.807, 2.05) is 0 Å². The fourth-order valence-corrected chi connectivity index (χ4v) is 4.85. The maximum Gasteiger partial charge on any atom is 0.191 e. The maximum absolute atomic E-state index is 5.61. The van der Waals surface area contributed by atoms with Gasteiger partial charge in [-0.15, -0.1) is 0 Å². The first kappa shape index (κ1) is 18.9. The Kier molecular flexibility index (Phi) is 8.59. The molecule has 0 aromatic carbocycles. The third-order valence-electron chi connectivity index (χ3n) is 5.08. The van der Waals surface area contributed by atoms with Gasteiger partial charge in [-0.05, 0) is 57.1 Å². The van der Waals surface area contributed by atoms with Crippen molar-refractivity contribution < 1.29 is 4.74 Å². The number of nitrogens with one attached hydrogen (secondary N) is 2. The van der Waals surface area contributed by atoms with E-state index in [1.165, 1.54) is 44.3 Å². The summed E-state index contributed by atoms with van der Waals surface area (Å²) in [4.78, 5) is 4.94. The van der Waals surface area contributed by atoms with Crippen molar-refractivity contribution in [2.75, 3.05) is 38.6 Å². The molecule has 0 bridgehead atoms. The second kappa shape index (κ2) is 10.4. The first-order valence-electron chi connectivity index (χ1n) is 9.49. The molecule has 0 radical (unpaired) electrons. The summed E-state index contributed by atoms with van der Waals surface area (Å²) < 4.78 is 5.61. The van der Waals surface area contributed by atoms with Gasteiger partial charge in [0.1, 0.15) is 0 Å². The maximum atomic E-state index is 5.61. The highest BCUT2D eigenvalue weighted by Gasteiger charge is 2.33. The minimum absolute atomic E-state index is 0.375. The molecule has 0 amide bonds. The molecule has 23 heavy (non-hydrogen) atoms. The smallest absolute Gasteiger partial charge is 0.191 e. The average molecular weight is 342 g/mol. The molecule has 5 heteroatoms. The highest BCUT2D eigenvalue weighted by molar-refractivity contribution is 8.00. The van der Waals surface area contributed by atoms with Crippen molar-refractivity contribution in [3.63, 3.8) is 0 Å². The summed E-state index contributed by atoms with van der Waals surface area (Å²) in [6.07, 6.45) is 9.18. The molecule has 1 heterocycles. The first-order valence-corrected chi connectivity index (χ1v) is 10.5. The van der Waals surface area contributed by atoms with Crippen LogP contribution in [0.2, 0.25) is 0 Å². The van der Waals surface area contributed by atoms with Gasteiger partial charge in [-0.1, -0.05) is 12.8 Å². The van der Waals surface area contributed by atoms with Gasteiger partial charge in [-0.2, -0.15) is 11.8 Å². The minimum atomic E-state index is 0.375. The van der Waals surface area contributed by atoms with Crippen molar-refractivity contribution in [3.8, 4) is 0 Å². The van der Waals surface area contributed by atoms with Gasteiger partial charge < -0.3 is 15.4 Å². The van der Waals surface area contributed by atoms with Gasteiger partial charge in [0, 0.05) is 38.1 Å². The van der Waals surface area contributed by atoms with Crippen molar-refractivity contribution in [2.45, 2.75) is 64.0 Å². The zero-order chi connectivity index (χ0) is 16.4. The quantitative estimate of drug-likeness (QED) is 0.383. The summed E-state index contributed by atoms with van der Waals surface area (Å²) in [5, 5.41) is 7.73. The van der Waals surface area contributed by atoms with Crippen LogP contribution < -0.4 is 10.6 Å². The number of nitrogens with zero attached hydrogens (tertiary/aromatic N) is 1. The fraction of sp³-hybridized carbons (Fsp3) is 0.944.